The van der Waals surface area contributed by atoms with Gasteiger partial charge in [0.25, 0.3) is 0 Å². The van der Waals surface area contributed by atoms with E-state index in [1.54, 1.807) is 7.11 Å². The van der Waals surface area contributed by atoms with E-state index in [1.807, 2.05) is 30.3 Å². The van der Waals surface area contributed by atoms with E-state index in [9.17, 15) is 0 Å². The van der Waals surface area contributed by atoms with Gasteiger partial charge in [0.05, 0.1) is 19.8 Å². The summed E-state index contributed by atoms with van der Waals surface area (Å²) in [5, 5.41) is 0. The summed E-state index contributed by atoms with van der Waals surface area (Å²) in [5.41, 5.74) is 1.17. The Hall–Kier alpha value is -1.28. The maximum atomic E-state index is 5.72. The van der Waals surface area contributed by atoms with E-state index in [0.717, 1.165) is 18.6 Å². The molecule has 0 aliphatic rings. The molecule has 0 fully saturated rings. The molecular formula is C17H28O2. The minimum absolute atomic E-state index is 0.278. The third kappa shape index (κ3) is 9.32. The predicted molar refractivity (Wildman–Crippen MR) is 82.6 cm³/mol. The van der Waals surface area contributed by atoms with Crippen LogP contribution in [0.4, 0.5) is 0 Å². The van der Waals surface area contributed by atoms with Crippen LogP contribution in [-0.4, -0.2) is 13.2 Å². The van der Waals surface area contributed by atoms with Crippen molar-refractivity contribution in [2.45, 2.75) is 52.7 Å². The van der Waals surface area contributed by atoms with E-state index in [4.69, 9.17) is 9.47 Å². The highest BCUT2D eigenvalue weighted by Gasteiger charge is 2.01. The highest BCUT2D eigenvalue weighted by Crippen LogP contribution is 2.13. The molecule has 0 aliphatic carbocycles. The van der Waals surface area contributed by atoms with Crippen LogP contribution < -0.4 is 4.74 Å². The predicted octanol–water partition coefficient (Wildman–Crippen LogP) is 4.98. The Morgan fingerprint density at radius 1 is 1.21 bits per heavy atom. The molecule has 1 aromatic carbocycles. The Morgan fingerprint density at radius 2 is 1.79 bits per heavy atom. The van der Waals surface area contributed by atoms with Crippen LogP contribution in [0.15, 0.2) is 36.9 Å². The molecule has 0 saturated heterocycles. The lowest BCUT2D eigenvalue weighted by Crippen LogP contribution is -2.07. The number of rotatable bonds is 7. The maximum Gasteiger partial charge on any atom is 0.118 e. The monoisotopic (exact) mass is 264 g/mol. The first-order valence-electron chi connectivity index (χ1n) is 7.03. The van der Waals surface area contributed by atoms with E-state index >= 15 is 0 Å². The summed E-state index contributed by atoms with van der Waals surface area (Å²) in [6.45, 7) is 10.7. The summed E-state index contributed by atoms with van der Waals surface area (Å²) in [5.74, 6) is 0.878. The Balaban J connectivity index is 0.000000982. The SMILES string of the molecule is C=CCCC(C)OCc1ccc(OC)cc1.CCC. The number of benzene rings is 1. The zero-order chi connectivity index (χ0) is 14.5. The zero-order valence-corrected chi connectivity index (χ0v) is 12.8. The average molecular weight is 264 g/mol. The van der Waals surface area contributed by atoms with Crippen LogP contribution in [0.2, 0.25) is 0 Å². The first-order valence-corrected chi connectivity index (χ1v) is 7.03. The first kappa shape index (κ1) is 17.7. The molecule has 1 unspecified atom stereocenters. The fraction of sp³-hybridized carbons (Fsp3) is 0.529. The van der Waals surface area contributed by atoms with Crippen molar-refractivity contribution in [3.8, 4) is 5.75 Å². The summed E-state index contributed by atoms with van der Waals surface area (Å²) >= 11 is 0. The summed E-state index contributed by atoms with van der Waals surface area (Å²) in [7, 11) is 1.67. The van der Waals surface area contributed by atoms with Gasteiger partial charge in [-0.05, 0) is 37.5 Å². The molecule has 1 aromatic rings. The third-order valence-corrected chi connectivity index (χ3v) is 2.47. The number of hydrogen-bond acceptors (Lipinski definition) is 2. The summed E-state index contributed by atoms with van der Waals surface area (Å²) in [4.78, 5) is 0. The molecule has 0 spiro atoms. The van der Waals surface area contributed by atoms with Crippen molar-refractivity contribution in [1.82, 2.24) is 0 Å². The van der Waals surface area contributed by atoms with Crippen molar-refractivity contribution in [2.24, 2.45) is 0 Å². The van der Waals surface area contributed by atoms with Crippen LogP contribution in [0.1, 0.15) is 45.6 Å². The first-order chi connectivity index (χ1) is 9.17. The van der Waals surface area contributed by atoms with E-state index in [0.29, 0.717) is 6.61 Å². The Labute approximate surface area is 118 Å². The van der Waals surface area contributed by atoms with Crippen LogP contribution in [0, 0.1) is 0 Å². The molecule has 0 bridgehead atoms. The topological polar surface area (TPSA) is 18.5 Å². The summed E-state index contributed by atoms with van der Waals surface area (Å²) in [6, 6.07) is 7.96. The summed E-state index contributed by atoms with van der Waals surface area (Å²) in [6.07, 6.45) is 5.48. The Morgan fingerprint density at radius 3 is 2.26 bits per heavy atom. The fourth-order valence-corrected chi connectivity index (χ4v) is 1.40. The lowest BCUT2D eigenvalue weighted by Gasteiger charge is -2.12. The van der Waals surface area contributed by atoms with Gasteiger partial charge in [0.1, 0.15) is 5.75 Å². The third-order valence-electron chi connectivity index (χ3n) is 2.47. The average Bonchev–Trinajstić information content (AvgIpc) is 2.44. The molecule has 0 heterocycles. The molecule has 0 saturated carbocycles. The normalized spacial score (nSPS) is 11.2. The van der Waals surface area contributed by atoms with Gasteiger partial charge in [-0.2, -0.15) is 0 Å². The molecule has 1 atom stereocenters. The maximum absolute atomic E-state index is 5.72. The molecular weight excluding hydrogens is 236 g/mol. The van der Waals surface area contributed by atoms with Crippen LogP contribution in [-0.2, 0) is 11.3 Å². The van der Waals surface area contributed by atoms with E-state index in [-0.39, 0.29) is 6.10 Å². The lowest BCUT2D eigenvalue weighted by atomic mass is 10.2. The van der Waals surface area contributed by atoms with E-state index in [2.05, 4.69) is 27.4 Å². The second-order valence-corrected chi connectivity index (χ2v) is 4.54. The van der Waals surface area contributed by atoms with Gasteiger partial charge >= 0.3 is 0 Å². The molecule has 1 rings (SSSR count). The highest BCUT2D eigenvalue weighted by atomic mass is 16.5. The number of hydrogen-bond donors (Lipinski definition) is 0. The van der Waals surface area contributed by atoms with Gasteiger partial charge in [-0.3, -0.25) is 0 Å². The molecule has 2 heteroatoms. The van der Waals surface area contributed by atoms with Crippen LogP contribution in [0.3, 0.4) is 0 Å². The second kappa shape index (κ2) is 11.8. The number of ether oxygens (including phenoxy) is 2. The van der Waals surface area contributed by atoms with Crippen LogP contribution in [0.5, 0.6) is 5.75 Å². The molecule has 0 radical (unpaired) electrons. The van der Waals surface area contributed by atoms with Crippen LogP contribution in [0.25, 0.3) is 0 Å². The molecule has 0 amide bonds. The molecule has 0 N–H and O–H groups in total. The molecule has 108 valence electrons. The van der Waals surface area contributed by atoms with Crippen molar-refractivity contribution < 1.29 is 9.47 Å². The Bertz CT molecular complexity index is 317. The van der Waals surface area contributed by atoms with Gasteiger partial charge in [-0.15, -0.1) is 6.58 Å². The van der Waals surface area contributed by atoms with Gasteiger partial charge in [0.15, 0.2) is 0 Å². The van der Waals surface area contributed by atoms with E-state index < -0.39 is 0 Å². The Kier molecular flexibility index (Phi) is 11.0. The molecule has 2 nitrogen and oxygen atoms in total. The standard InChI is InChI=1S/C14H20O2.C3H8/c1-4-5-6-12(2)16-11-13-7-9-14(15-3)10-8-13;1-3-2/h4,7-10,12H,1,5-6,11H2,2-3H3;3H2,1-2H3. The quantitative estimate of drug-likeness (QED) is 0.646. The minimum Gasteiger partial charge on any atom is -0.497 e. The van der Waals surface area contributed by atoms with Crippen molar-refractivity contribution in [3.05, 3.63) is 42.5 Å². The van der Waals surface area contributed by atoms with Gasteiger partial charge in [0, 0.05) is 0 Å². The van der Waals surface area contributed by atoms with Crippen molar-refractivity contribution in [3.63, 3.8) is 0 Å². The highest BCUT2D eigenvalue weighted by molar-refractivity contribution is 5.26. The molecule has 0 aromatic heterocycles. The van der Waals surface area contributed by atoms with Crippen molar-refractivity contribution in [1.29, 1.82) is 0 Å². The molecule has 0 aliphatic heterocycles. The van der Waals surface area contributed by atoms with Gasteiger partial charge in [0.2, 0.25) is 0 Å². The largest absolute Gasteiger partial charge is 0.497 e. The number of allylic oxidation sites excluding steroid dienone is 1. The number of methoxy groups -OCH3 is 1. The second-order valence-electron chi connectivity index (χ2n) is 4.54. The van der Waals surface area contributed by atoms with Crippen molar-refractivity contribution >= 4 is 0 Å². The smallest absolute Gasteiger partial charge is 0.118 e. The fourth-order valence-electron chi connectivity index (χ4n) is 1.40. The van der Waals surface area contributed by atoms with Crippen LogP contribution >= 0.6 is 0 Å². The minimum atomic E-state index is 0.278. The van der Waals surface area contributed by atoms with Gasteiger partial charge in [-0.25, -0.2) is 0 Å². The van der Waals surface area contributed by atoms with E-state index in [1.165, 1.54) is 12.0 Å². The zero-order valence-electron chi connectivity index (χ0n) is 12.8. The van der Waals surface area contributed by atoms with Gasteiger partial charge in [-0.1, -0.05) is 38.5 Å². The van der Waals surface area contributed by atoms with Crippen molar-refractivity contribution in [2.75, 3.05) is 7.11 Å². The summed E-state index contributed by atoms with van der Waals surface area (Å²) < 4.78 is 10.8. The lowest BCUT2D eigenvalue weighted by molar-refractivity contribution is 0.0483. The molecule has 19 heavy (non-hydrogen) atoms. The van der Waals surface area contributed by atoms with Gasteiger partial charge < -0.3 is 9.47 Å².